The summed E-state index contributed by atoms with van der Waals surface area (Å²) in [6.07, 6.45) is 0. The van der Waals surface area contributed by atoms with Gasteiger partial charge < -0.3 is 0 Å². The van der Waals surface area contributed by atoms with Gasteiger partial charge in [-0.2, -0.15) is 8.76 Å². The van der Waals surface area contributed by atoms with Crippen molar-refractivity contribution in [1.82, 2.24) is 4.37 Å². The second-order valence-electron chi connectivity index (χ2n) is 3.67. The van der Waals surface area contributed by atoms with Gasteiger partial charge in [-0.15, -0.1) is 0 Å². The quantitative estimate of drug-likeness (QED) is 0.588. The maximum Gasteiger partial charge on any atom is 0.199 e. The Balaban J connectivity index is 3.21. The Kier molecular flexibility index (Phi) is 2.01. The molecule has 0 aromatic carbocycles. The van der Waals surface area contributed by atoms with Crippen LogP contribution in [0.15, 0.2) is 0 Å². The largest absolute Gasteiger partial charge is 0.199 e. The van der Waals surface area contributed by atoms with Crippen LogP contribution >= 0.6 is 11.5 Å². The van der Waals surface area contributed by atoms with Gasteiger partial charge in [-0.05, 0) is 23.9 Å². The molecule has 0 aliphatic rings. The minimum absolute atomic E-state index is 0.124. The van der Waals surface area contributed by atoms with Crippen LogP contribution in [0.1, 0.15) is 32.0 Å². The lowest BCUT2D eigenvalue weighted by Gasteiger charge is -2.17. The molecule has 0 aliphatic carbocycles. The monoisotopic (exact) mass is 173 g/mol. The Hall–Kier alpha value is -0.440. The standard InChI is InChI=1S/C8H12FNS/c1-5-6(8(2,3)4)7(9)11-10-5/h1-4H3. The molecule has 1 rings (SSSR count). The van der Waals surface area contributed by atoms with Gasteiger partial charge in [0.1, 0.15) is 0 Å². The third-order valence-corrected chi connectivity index (χ3v) is 2.30. The maximum absolute atomic E-state index is 13.1. The van der Waals surface area contributed by atoms with E-state index in [-0.39, 0.29) is 10.5 Å². The van der Waals surface area contributed by atoms with Crippen LogP contribution in [0, 0.1) is 12.1 Å². The first-order valence-corrected chi connectivity index (χ1v) is 4.32. The number of hydrogen-bond acceptors (Lipinski definition) is 2. The first-order valence-electron chi connectivity index (χ1n) is 3.55. The normalized spacial score (nSPS) is 12.1. The highest BCUT2D eigenvalue weighted by molar-refractivity contribution is 7.04. The summed E-state index contributed by atoms with van der Waals surface area (Å²) in [5.74, 6) is 0. The molecule has 0 radical (unpaired) electrons. The average Bonchev–Trinajstić information content (AvgIpc) is 2.08. The molecule has 1 heterocycles. The minimum atomic E-state index is -0.144. The van der Waals surface area contributed by atoms with Gasteiger partial charge in [0.25, 0.3) is 0 Å². The van der Waals surface area contributed by atoms with E-state index in [9.17, 15) is 4.39 Å². The molecular formula is C8H12FNS. The SMILES string of the molecule is Cc1nsc(F)c1C(C)(C)C. The Bertz CT molecular complexity index is 240. The van der Waals surface area contributed by atoms with Crippen molar-refractivity contribution >= 4 is 11.5 Å². The molecule has 0 unspecified atom stereocenters. The molecule has 1 aromatic heterocycles. The molecule has 1 aromatic rings. The van der Waals surface area contributed by atoms with Gasteiger partial charge in [0.05, 0.1) is 5.69 Å². The van der Waals surface area contributed by atoms with Crippen LogP contribution in [-0.2, 0) is 5.41 Å². The lowest BCUT2D eigenvalue weighted by molar-refractivity contribution is 0.534. The van der Waals surface area contributed by atoms with Crippen molar-refractivity contribution in [3.05, 3.63) is 16.4 Å². The van der Waals surface area contributed by atoms with E-state index in [1.165, 1.54) is 0 Å². The molecule has 0 amide bonds. The van der Waals surface area contributed by atoms with Crippen LogP contribution in [0.2, 0.25) is 0 Å². The van der Waals surface area contributed by atoms with Crippen molar-refractivity contribution in [2.45, 2.75) is 33.1 Å². The van der Waals surface area contributed by atoms with E-state index in [1.807, 2.05) is 27.7 Å². The van der Waals surface area contributed by atoms with Crippen LogP contribution in [0.5, 0.6) is 0 Å². The van der Waals surface area contributed by atoms with Gasteiger partial charge in [-0.25, -0.2) is 0 Å². The molecule has 0 fully saturated rings. The lowest BCUT2D eigenvalue weighted by atomic mass is 9.88. The highest BCUT2D eigenvalue weighted by atomic mass is 32.1. The predicted molar refractivity (Wildman–Crippen MR) is 45.5 cm³/mol. The Labute approximate surface area is 70.4 Å². The molecule has 0 saturated carbocycles. The van der Waals surface area contributed by atoms with Gasteiger partial charge in [0, 0.05) is 5.56 Å². The second kappa shape index (κ2) is 2.55. The van der Waals surface area contributed by atoms with E-state index in [0.29, 0.717) is 0 Å². The average molecular weight is 173 g/mol. The van der Waals surface area contributed by atoms with Crippen molar-refractivity contribution in [2.75, 3.05) is 0 Å². The first kappa shape index (κ1) is 8.65. The van der Waals surface area contributed by atoms with Crippen molar-refractivity contribution in [2.24, 2.45) is 0 Å². The fourth-order valence-corrected chi connectivity index (χ4v) is 2.03. The van der Waals surface area contributed by atoms with Crippen LogP contribution in [0.25, 0.3) is 0 Å². The summed E-state index contributed by atoms with van der Waals surface area (Å²) in [6, 6.07) is 0. The topological polar surface area (TPSA) is 12.9 Å². The zero-order valence-corrected chi connectivity index (χ0v) is 8.05. The van der Waals surface area contributed by atoms with Crippen molar-refractivity contribution in [1.29, 1.82) is 0 Å². The first-order chi connectivity index (χ1) is 4.93. The summed E-state index contributed by atoms with van der Waals surface area (Å²) in [7, 11) is 0. The van der Waals surface area contributed by atoms with E-state index >= 15 is 0 Å². The van der Waals surface area contributed by atoms with Crippen LogP contribution in [-0.4, -0.2) is 4.37 Å². The van der Waals surface area contributed by atoms with Crippen LogP contribution in [0.3, 0.4) is 0 Å². The third-order valence-electron chi connectivity index (χ3n) is 1.57. The molecule has 0 atom stereocenters. The molecule has 0 saturated heterocycles. The lowest BCUT2D eigenvalue weighted by Crippen LogP contribution is -2.13. The van der Waals surface area contributed by atoms with E-state index in [2.05, 4.69) is 4.37 Å². The summed E-state index contributed by atoms with van der Waals surface area (Å²) in [4.78, 5) is 0. The zero-order chi connectivity index (χ0) is 8.65. The van der Waals surface area contributed by atoms with Crippen molar-refractivity contribution in [3.8, 4) is 0 Å². The van der Waals surface area contributed by atoms with E-state index < -0.39 is 0 Å². The number of rotatable bonds is 0. The molecule has 0 N–H and O–H groups in total. The van der Waals surface area contributed by atoms with E-state index in [0.717, 1.165) is 22.8 Å². The molecule has 11 heavy (non-hydrogen) atoms. The molecule has 62 valence electrons. The summed E-state index contributed by atoms with van der Waals surface area (Å²) < 4.78 is 17.0. The molecule has 3 heteroatoms. The van der Waals surface area contributed by atoms with Crippen molar-refractivity contribution < 1.29 is 4.39 Å². The highest BCUT2D eigenvalue weighted by Crippen LogP contribution is 2.29. The number of aryl methyl sites for hydroxylation is 1. The van der Waals surface area contributed by atoms with Gasteiger partial charge in [0.2, 0.25) is 0 Å². The van der Waals surface area contributed by atoms with Gasteiger partial charge in [-0.3, -0.25) is 0 Å². The summed E-state index contributed by atoms with van der Waals surface area (Å²) in [5.41, 5.74) is 1.45. The maximum atomic E-state index is 13.1. The number of aromatic nitrogens is 1. The smallest absolute Gasteiger partial charge is 0.195 e. The Morgan fingerprint density at radius 1 is 1.36 bits per heavy atom. The summed E-state index contributed by atoms with van der Waals surface area (Å²) in [6.45, 7) is 7.83. The minimum Gasteiger partial charge on any atom is -0.195 e. The third kappa shape index (κ3) is 1.59. The van der Waals surface area contributed by atoms with Gasteiger partial charge in [-0.1, -0.05) is 20.8 Å². The number of nitrogens with zero attached hydrogens (tertiary/aromatic N) is 1. The molecule has 0 bridgehead atoms. The molecular weight excluding hydrogens is 161 g/mol. The second-order valence-corrected chi connectivity index (χ2v) is 4.39. The predicted octanol–water partition coefficient (Wildman–Crippen LogP) is 2.89. The van der Waals surface area contributed by atoms with Gasteiger partial charge >= 0.3 is 0 Å². The van der Waals surface area contributed by atoms with E-state index in [1.54, 1.807) is 0 Å². The fourth-order valence-electron chi connectivity index (χ4n) is 1.18. The number of halogens is 1. The van der Waals surface area contributed by atoms with Crippen molar-refractivity contribution in [3.63, 3.8) is 0 Å². The molecule has 0 aliphatic heterocycles. The Morgan fingerprint density at radius 2 is 1.91 bits per heavy atom. The highest BCUT2D eigenvalue weighted by Gasteiger charge is 2.23. The zero-order valence-electron chi connectivity index (χ0n) is 7.23. The fraction of sp³-hybridized carbons (Fsp3) is 0.625. The summed E-state index contributed by atoms with van der Waals surface area (Å²) in [5, 5.41) is -0.144. The molecule has 1 nitrogen and oxygen atoms in total. The summed E-state index contributed by atoms with van der Waals surface area (Å²) >= 11 is 0.941. The number of hydrogen-bond donors (Lipinski definition) is 0. The Morgan fingerprint density at radius 3 is 2.09 bits per heavy atom. The van der Waals surface area contributed by atoms with Crippen LogP contribution < -0.4 is 0 Å². The van der Waals surface area contributed by atoms with Crippen LogP contribution in [0.4, 0.5) is 4.39 Å². The van der Waals surface area contributed by atoms with E-state index in [4.69, 9.17) is 0 Å². The molecule has 0 spiro atoms. The van der Waals surface area contributed by atoms with Gasteiger partial charge in [0.15, 0.2) is 5.13 Å².